The van der Waals surface area contributed by atoms with Crippen molar-refractivity contribution in [3.63, 3.8) is 0 Å². The number of alkyl carbamates (subject to hydrolysis) is 1. The number of hydrogen-bond donors (Lipinski definition) is 10. The van der Waals surface area contributed by atoms with Crippen molar-refractivity contribution < 1.29 is 42.9 Å². The lowest BCUT2D eigenvalue weighted by Gasteiger charge is -2.25. The summed E-state index contributed by atoms with van der Waals surface area (Å²) < 4.78 is 29.9. The Morgan fingerprint density at radius 2 is 1.38 bits per heavy atom. The Morgan fingerprint density at radius 3 is 2.01 bits per heavy atom. The number of nitrogens with two attached hydrogens (primary N) is 2. The van der Waals surface area contributed by atoms with Crippen LogP contribution in [0.15, 0.2) is 71.7 Å². The number of aryl methyl sites for hydroxylation is 1. The molecule has 394 valence electrons. The lowest BCUT2D eigenvalue weighted by Crippen LogP contribution is -2.54. The predicted molar refractivity (Wildman–Crippen MR) is 276 cm³/mol. The molecule has 23 nitrogen and oxygen atoms in total. The zero-order valence-electron chi connectivity index (χ0n) is 41.8. The van der Waals surface area contributed by atoms with Gasteiger partial charge < -0.3 is 67.1 Å². The minimum atomic E-state index is -1.05. The molecule has 12 N–H and O–H groups in total. The number of benzene rings is 3. The van der Waals surface area contributed by atoms with E-state index < -0.39 is 41.6 Å². The van der Waals surface area contributed by atoms with Gasteiger partial charge >= 0.3 is 6.09 Å². The van der Waals surface area contributed by atoms with E-state index in [-0.39, 0.29) is 83.2 Å². The van der Waals surface area contributed by atoms with Gasteiger partial charge in [0.05, 0.1) is 51.4 Å². The number of aromatic nitrogens is 3. The van der Waals surface area contributed by atoms with Crippen LogP contribution in [0.1, 0.15) is 81.7 Å². The molecule has 0 saturated heterocycles. The summed E-state index contributed by atoms with van der Waals surface area (Å²) in [6, 6.07) is 17.3. The van der Waals surface area contributed by atoms with Crippen molar-refractivity contribution in [2.24, 2.45) is 16.5 Å². The SMILES string of the molecule is COc1ccc2c(c1)C(c1ccc(Cl)cc1)=N[C@@H](CC(=O)Nc1ccc(OCCOCCOCCNC(=O)[C@H](CCCNC(=N)N)NC(=O)[C@H](CCCNC(=N)N)NC(=O)OC(C)(C)C)cc1)c1nnc(C)n1-2. The molecule has 4 aromatic rings. The first-order valence-electron chi connectivity index (χ1n) is 23.8. The van der Waals surface area contributed by atoms with Crippen LogP contribution in [0, 0.1) is 17.7 Å². The van der Waals surface area contributed by atoms with Crippen molar-refractivity contribution in [1.29, 1.82) is 10.8 Å². The quantitative estimate of drug-likeness (QED) is 0.0232. The number of halogens is 1. The second-order valence-corrected chi connectivity index (χ2v) is 18.1. The number of nitrogens with zero attached hydrogens (tertiary/aromatic N) is 4. The molecule has 0 bridgehead atoms. The van der Waals surface area contributed by atoms with Crippen molar-refractivity contribution in [2.45, 2.75) is 83.5 Å². The number of hydrogen-bond acceptors (Lipinski definition) is 14. The molecule has 73 heavy (non-hydrogen) atoms. The Morgan fingerprint density at radius 1 is 0.767 bits per heavy atom. The lowest BCUT2D eigenvalue weighted by molar-refractivity contribution is -0.130. The van der Waals surface area contributed by atoms with Crippen molar-refractivity contribution in [3.8, 4) is 17.2 Å². The van der Waals surface area contributed by atoms with Gasteiger partial charge in [0.25, 0.3) is 0 Å². The summed E-state index contributed by atoms with van der Waals surface area (Å²) in [5, 5.41) is 40.5. The van der Waals surface area contributed by atoms with Crippen LogP contribution in [-0.2, 0) is 28.6 Å². The Kier molecular flexibility index (Phi) is 21.6. The molecule has 2 heterocycles. The Bertz CT molecular complexity index is 2530. The van der Waals surface area contributed by atoms with Gasteiger partial charge in [0, 0.05) is 41.5 Å². The monoisotopic (exact) mass is 1030 g/mol. The molecule has 24 heteroatoms. The van der Waals surface area contributed by atoms with Gasteiger partial charge in [-0.15, -0.1) is 10.2 Å². The number of ether oxygens (including phenoxy) is 5. The number of guanidine groups is 2. The number of methoxy groups -OCH3 is 1. The van der Waals surface area contributed by atoms with Crippen LogP contribution in [0.3, 0.4) is 0 Å². The molecule has 0 fully saturated rings. The first kappa shape index (κ1) is 56.4. The summed E-state index contributed by atoms with van der Waals surface area (Å²) in [6.07, 6.45) is 0.298. The summed E-state index contributed by atoms with van der Waals surface area (Å²) in [6.45, 7) is 8.84. The summed E-state index contributed by atoms with van der Waals surface area (Å²) in [5.41, 5.74) is 13.6. The molecular formula is C49H67ClN14O9. The maximum atomic E-state index is 13.6. The van der Waals surface area contributed by atoms with E-state index in [9.17, 15) is 19.2 Å². The van der Waals surface area contributed by atoms with Gasteiger partial charge in [-0.25, -0.2) is 4.79 Å². The number of amides is 4. The first-order valence-corrected chi connectivity index (χ1v) is 24.1. The Labute approximate surface area is 429 Å². The second kappa shape index (κ2) is 27.9. The molecule has 4 amide bonds. The fourth-order valence-electron chi connectivity index (χ4n) is 7.43. The van der Waals surface area contributed by atoms with E-state index in [1.54, 1.807) is 64.3 Å². The van der Waals surface area contributed by atoms with Crippen molar-refractivity contribution in [2.75, 3.05) is 65.1 Å². The van der Waals surface area contributed by atoms with E-state index in [0.717, 1.165) is 16.8 Å². The van der Waals surface area contributed by atoms with Crippen molar-refractivity contribution in [1.82, 2.24) is 41.3 Å². The zero-order valence-corrected chi connectivity index (χ0v) is 42.5. The number of fused-ring (bicyclic) bond motifs is 3. The molecule has 0 unspecified atom stereocenters. The zero-order chi connectivity index (χ0) is 52.9. The summed E-state index contributed by atoms with van der Waals surface area (Å²) >= 11 is 6.24. The molecule has 0 saturated carbocycles. The molecule has 1 aromatic heterocycles. The summed E-state index contributed by atoms with van der Waals surface area (Å²) in [4.78, 5) is 58.1. The van der Waals surface area contributed by atoms with Gasteiger partial charge in [-0.05, 0) is 108 Å². The second-order valence-electron chi connectivity index (χ2n) is 17.7. The average Bonchev–Trinajstić information content (AvgIpc) is 3.66. The molecule has 0 spiro atoms. The molecule has 1 aliphatic rings. The Balaban J connectivity index is 1.04. The molecule has 3 atom stereocenters. The predicted octanol–water partition coefficient (Wildman–Crippen LogP) is 3.59. The minimum Gasteiger partial charge on any atom is -0.497 e. The van der Waals surface area contributed by atoms with Gasteiger partial charge in [0.2, 0.25) is 17.7 Å². The topological polar surface area (TPSA) is 329 Å². The normalized spacial score (nSPS) is 13.6. The molecular weight excluding hydrogens is 964 g/mol. The molecule has 3 aromatic carbocycles. The standard InChI is InChI=1S/C49H67ClN14O9/c1-30-62-63-43-39(59-42(31-10-12-32(50)13-11-31)36-28-35(69-5)18-19-40(36)64(30)43)29-41(65)58-33-14-16-34(17-15-33)72-27-26-71-25-24-70-23-22-55-44(66)37(8-6-20-56-46(51)52)60-45(67)38(9-7-21-57-47(53)54)61-48(68)73-49(2,3)4/h10-19,28,37-39H,6-9,20-27,29H2,1-5H3,(H,55,66)(H,58,65)(H,60,67)(H,61,68)(H4,51,52,56)(H4,53,54,57)/t37-,38-,39-/m0/s1. The van der Waals surface area contributed by atoms with E-state index in [1.807, 2.05) is 41.8 Å². The van der Waals surface area contributed by atoms with Crippen LogP contribution in [0.4, 0.5) is 10.5 Å². The molecule has 0 aliphatic carbocycles. The maximum Gasteiger partial charge on any atom is 0.408 e. The third kappa shape index (κ3) is 18.6. The fourth-order valence-corrected chi connectivity index (χ4v) is 7.55. The molecule has 5 rings (SSSR count). The van der Waals surface area contributed by atoms with Crippen molar-refractivity contribution in [3.05, 3.63) is 94.5 Å². The van der Waals surface area contributed by atoms with Crippen molar-refractivity contribution >= 4 is 58.7 Å². The van der Waals surface area contributed by atoms with E-state index >= 15 is 0 Å². The van der Waals surface area contributed by atoms with Gasteiger partial charge in [-0.3, -0.25) is 34.8 Å². The number of aliphatic imine (C=N–C) groups is 1. The highest BCUT2D eigenvalue weighted by Gasteiger charge is 2.31. The highest BCUT2D eigenvalue weighted by Crippen LogP contribution is 2.35. The van der Waals surface area contributed by atoms with Gasteiger partial charge in [-0.1, -0.05) is 23.7 Å². The number of anilines is 1. The fraction of sp³-hybridized carbons (Fsp3) is 0.449. The first-order chi connectivity index (χ1) is 34.9. The number of nitrogens with one attached hydrogen (secondary N) is 8. The van der Waals surface area contributed by atoms with Crippen LogP contribution in [0.25, 0.3) is 5.69 Å². The van der Waals surface area contributed by atoms with E-state index in [1.165, 1.54) is 0 Å². The van der Waals surface area contributed by atoms with Crippen LogP contribution in [0.5, 0.6) is 11.5 Å². The Hall–Kier alpha value is -7.50. The van der Waals surface area contributed by atoms with Crippen LogP contribution in [-0.4, -0.2) is 134 Å². The molecule has 1 aliphatic heterocycles. The van der Waals surface area contributed by atoms with Gasteiger partial charge in [-0.2, -0.15) is 0 Å². The summed E-state index contributed by atoms with van der Waals surface area (Å²) in [5.74, 6) is 0.596. The smallest absolute Gasteiger partial charge is 0.408 e. The summed E-state index contributed by atoms with van der Waals surface area (Å²) in [7, 11) is 1.60. The lowest BCUT2D eigenvalue weighted by atomic mass is 10.00. The third-order valence-corrected chi connectivity index (χ3v) is 11.0. The highest BCUT2D eigenvalue weighted by molar-refractivity contribution is 6.30. The van der Waals surface area contributed by atoms with E-state index in [4.69, 9.17) is 62.6 Å². The maximum absolute atomic E-state index is 13.6. The average molecular weight is 1030 g/mol. The number of carbonyl (C=O) groups is 4. The van der Waals surface area contributed by atoms with Crippen LogP contribution >= 0.6 is 11.6 Å². The molecule has 0 radical (unpaired) electrons. The third-order valence-electron chi connectivity index (χ3n) is 10.8. The van der Waals surface area contributed by atoms with Crippen LogP contribution in [0.2, 0.25) is 5.02 Å². The number of rotatable bonds is 27. The van der Waals surface area contributed by atoms with E-state index in [0.29, 0.717) is 59.0 Å². The largest absolute Gasteiger partial charge is 0.497 e. The number of carbonyl (C=O) groups excluding carboxylic acids is 4. The van der Waals surface area contributed by atoms with Gasteiger partial charge in [0.1, 0.15) is 47.7 Å². The highest BCUT2D eigenvalue weighted by atomic mass is 35.5. The van der Waals surface area contributed by atoms with Crippen LogP contribution < -0.4 is 52.8 Å². The van der Waals surface area contributed by atoms with E-state index in [2.05, 4.69) is 42.1 Å². The minimum absolute atomic E-state index is 0.0144. The van der Waals surface area contributed by atoms with Gasteiger partial charge in [0.15, 0.2) is 17.7 Å².